The topological polar surface area (TPSA) is 67.5 Å². The van der Waals surface area contributed by atoms with Crippen LogP contribution in [0.3, 0.4) is 0 Å². The molecule has 0 radical (unpaired) electrons. The fourth-order valence-electron chi connectivity index (χ4n) is 1.71. The molecule has 0 saturated heterocycles. The molecule has 0 fully saturated rings. The lowest BCUT2D eigenvalue weighted by Gasteiger charge is -2.28. The molecule has 0 rings (SSSR count). The minimum Gasteiger partial charge on any atom is -0.396 e. The molecule has 0 spiro atoms. The fourth-order valence-corrected chi connectivity index (χ4v) is 1.71. The molecule has 0 aromatic heterocycles. The molecule has 0 aromatic carbocycles. The van der Waals surface area contributed by atoms with Crippen LogP contribution >= 0.6 is 0 Å². The predicted molar refractivity (Wildman–Crippen MR) is 62.8 cm³/mol. The molecule has 4 heteroatoms. The third kappa shape index (κ3) is 6.10. The van der Waals surface area contributed by atoms with Crippen molar-refractivity contribution in [2.24, 2.45) is 11.7 Å². The largest absolute Gasteiger partial charge is 0.396 e. The normalized spacial score (nSPS) is 17.4. The van der Waals surface area contributed by atoms with Crippen molar-refractivity contribution in [3.8, 4) is 0 Å². The van der Waals surface area contributed by atoms with Gasteiger partial charge in [-0.25, -0.2) is 0 Å². The van der Waals surface area contributed by atoms with Gasteiger partial charge in [0, 0.05) is 32.3 Å². The third-order valence-electron chi connectivity index (χ3n) is 2.79. The summed E-state index contributed by atoms with van der Waals surface area (Å²) < 4.78 is 5.12. The fraction of sp³-hybridized carbons (Fsp3) is 1.00. The monoisotopic (exact) mass is 218 g/mol. The highest BCUT2D eigenvalue weighted by molar-refractivity contribution is 4.78. The van der Waals surface area contributed by atoms with Crippen molar-refractivity contribution in [2.75, 3.05) is 26.9 Å². The maximum absolute atomic E-state index is 8.90. The predicted octanol–water partition coefficient (Wildman–Crippen LogP) is 0.347. The highest BCUT2D eigenvalue weighted by Crippen LogP contribution is 2.06. The quantitative estimate of drug-likeness (QED) is 0.522. The molecular formula is C11H26N2O2. The first-order valence-electron chi connectivity index (χ1n) is 5.75. The Hall–Kier alpha value is -0.160. The van der Waals surface area contributed by atoms with E-state index < -0.39 is 0 Å². The van der Waals surface area contributed by atoms with Crippen LogP contribution in [-0.2, 0) is 4.74 Å². The molecule has 0 saturated carbocycles. The van der Waals surface area contributed by atoms with E-state index in [0.29, 0.717) is 25.1 Å². The number of hydrogen-bond donors (Lipinski definition) is 3. The number of hydrogen-bond acceptors (Lipinski definition) is 4. The van der Waals surface area contributed by atoms with Crippen LogP contribution in [0, 0.1) is 5.92 Å². The first kappa shape index (κ1) is 14.8. The Balaban J connectivity index is 4.04. The van der Waals surface area contributed by atoms with Crippen LogP contribution in [-0.4, -0.2) is 44.1 Å². The minimum absolute atomic E-state index is 0.224. The van der Waals surface area contributed by atoms with E-state index in [1.165, 1.54) is 0 Å². The van der Waals surface area contributed by atoms with E-state index in [1.807, 2.05) is 0 Å². The lowest BCUT2D eigenvalue weighted by atomic mass is 10.0. The van der Waals surface area contributed by atoms with Gasteiger partial charge in [-0.1, -0.05) is 13.8 Å². The number of nitrogens with two attached hydrogens (primary N) is 1. The second-order valence-corrected chi connectivity index (χ2v) is 4.06. The first-order chi connectivity index (χ1) is 7.19. The van der Waals surface area contributed by atoms with Gasteiger partial charge in [-0.2, -0.15) is 0 Å². The summed E-state index contributed by atoms with van der Waals surface area (Å²) in [6.45, 7) is 5.78. The van der Waals surface area contributed by atoms with Gasteiger partial charge in [0.15, 0.2) is 0 Å². The molecule has 4 nitrogen and oxygen atoms in total. The second kappa shape index (κ2) is 9.09. The number of methoxy groups -OCH3 is 1. The van der Waals surface area contributed by atoms with Crippen LogP contribution in [0.5, 0.6) is 0 Å². The maximum Gasteiger partial charge on any atom is 0.0503 e. The zero-order chi connectivity index (χ0) is 11.7. The zero-order valence-corrected chi connectivity index (χ0v) is 10.2. The molecule has 0 amide bonds. The molecule has 0 bridgehead atoms. The van der Waals surface area contributed by atoms with Gasteiger partial charge in [0.1, 0.15) is 0 Å². The summed E-state index contributed by atoms with van der Waals surface area (Å²) in [5.74, 6) is 0.396. The van der Waals surface area contributed by atoms with Crippen molar-refractivity contribution >= 4 is 0 Å². The third-order valence-corrected chi connectivity index (χ3v) is 2.79. The summed E-state index contributed by atoms with van der Waals surface area (Å²) in [6.07, 6.45) is 1.80. The average molecular weight is 218 g/mol. The second-order valence-electron chi connectivity index (χ2n) is 4.06. The molecule has 0 aliphatic carbocycles. The van der Waals surface area contributed by atoms with Crippen LogP contribution in [0.25, 0.3) is 0 Å². The van der Waals surface area contributed by atoms with Gasteiger partial charge in [-0.15, -0.1) is 0 Å². The standard InChI is InChI=1S/C11H26N2O2/c1-4-10(5-6-14)13-11(7-12)9(2)8-15-3/h9-11,13-14H,4-8,12H2,1-3H3. The minimum atomic E-state index is 0.224. The van der Waals surface area contributed by atoms with Crippen LogP contribution < -0.4 is 11.1 Å². The van der Waals surface area contributed by atoms with Crippen molar-refractivity contribution in [3.05, 3.63) is 0 Å². The molecule has 15 heavy (non-hydrogen) atoms. The van der Waals surface area contributed by atoms with E-state index in [0.717, 1.165) is 12.8 Å². The summed E-state index contributed by atoms with van der Waals surface area (Å²) in [7, 11) is 1.70. The molecule has 3 unspecified atom stereocenters. The van der Waals surface area contributed by atoms with Gasteiger partial charge in [-0.05, 0) is 18.8 Å². The smallest absolute Gasteiger partial charge is 0.0503 e. The zero-order valence-electron chi connectivity index (χ0n) is 10.2. The van der Waals surface area contributed by atoms with E-state index in [4.69, 9.17) is 15.6 Å². The molecule has 0 heterocycles. The van der Waals surface area contributed by atoms with Gasteiger partial charge >= 0.3 is 0 Å². The highest BCUT2D eigenvalue weighted by atomic mass is 16.5. The molecule has 3 atom stereocenters. The molecule has 0 aliphatic rings. The molecule has 0 aromatic rings. The summed E-state index contributed by atoms with van der Waals surface area (Å²) in [5, 5.41) is 12.4. The Morgan fingerprint density at radius 2 is 2.13 bits per heavy atom. The molecular weight excluding hydrogens is 192 g/mol. The Morgan fingerprint density at radius 3 is 2.53 bits per heavy atom. The van der Waals surface area contributed by atoms with Gasteiger partial charge in [0.25, 0.3) is 0 Å². The number of rotatable bonds is 9. The molecule has 0 aliphatic heterocycles. The van der Waals surface area contributed by atoms with Crippen LogP contribution in [0.4, 0.5) is 0 Å². The summed E-state index contributed by atoms with van der Waals surface area (Å²) in [4.78, 5) is 0. The Bertz CT molecular complexity index is 145. The van der Waals surface area contributed by atoms with E-state index >= 15 is 0 Å². The summed E-state index contributed by atoms with van der Waals surface area (Å²) in [5.41, 5.74) is 5.72. The lowest BCUT2D eigenvalue weighted by Crippen LogP contribution is -2.47. The maximum atomic E-state index is 8.90. The van der Waals surface area contributed by atoms with Crippen molar-refractivity contribution in [1.29, 1.82) is 0 Å². The van der Waals surface area contributed by atoms with Crippen molar-refractivity contribution in [1.82, 2.24) is 5.32 Å². The van der Waals surface area contributed by atoms with E-state index in [9.17, 15) is 0 Å². The summed E-state index contributed by atoms with van der Waals surface area (Å²) in [6, 6.07) is 0.615. The Kier molecular flexibility index (Phi) is 9.00. The Morgan fingerprint density at radius 1 is 1.47 bits per heavy atom. The lowest BCUT2D eigenvalue weighted by molar-refractivity contribution is 0.134. The Labute approximate surface area is 93.2 Å². The molecule has 92 valence electrons. The van der Waals surface area contributed by atoms with Crippen molar-refractivity contribution in [3.63, 3.8) is 0 Å². The van der Waals surface area contributed by atoms with E-state index in [2.05, 4.69) is 19.2 Å². The summed E-state index contributed by atoms with van der Waals surface area (Å²) >= 11 is 0. The van der Waals surface area contributed by atoms with Gasteiger partial charge in [0.2, 0.25) is 0 Å². The number of aliphatic hydroxyl groups excluding tert-OH is 1. The van der Waals surface area contributed by atoms with Crippen LogP contribution in [0.15, 0.2) is 0 Å². The van der Waals surface area contributed by atoms with Gasteiger partial charge < -0.3 is 20.9 Å². The van der Waals surface area contributed by atoms with Gasteiger partial charge in [-0.3, -0.25) is 0 Å². The van der Waals surface area contributed by atoms with E-state index in [-0.39, 0.29) is 12.6 Å². The van der Waals surface area contributed by atoms with Crippen LogP contribution in [0.2, 0.25) is 0 Å². The molecule has 4 N–H and O–H groups in total. The average Bonchev–Trinajstić information content (AvgIpc) is 2.24. The SMILES string of the molecule is CCC(CCO)NC(CN)C(C)COC. The number of ether oxygens (including phenoxy) is 1. The number of nitrogens with one attached hydrogen (secondary N) is 1. The first-order valence-corrected chi connectivity index (χ1v) is 5.75. The number of aliphatic hydroxyl groups is 1. The van der Waals surface area contributed by atoms with Crippen LogP contribution in [0.1, 0.15) is 26.7 Å². The highest BCUT2D eigenvalue weighted by Gasteiger charge is 2.18. The van der Waals surface area contributed by atoms with Crippen molar-refractivity contribution < 1.29 is 9.84 Å². The van der Waals surface area contributed by atoms with E-state index in [1.54, 1.807) is 7.11 Å². The van der Waals surface area contributed by atoms with Crippen molar-refractivity contribution in [2.45, 2.75) is 38.8 Å². The van der Waals surface area contributed by atoms with Gasteiger partial charge in [0.05, 0.1) is 6.61 Å².